The van der Waals surface area contributed by atoms with E-state index in [1.807, 2.05) is 13.8 Å². The zero-order chi connectivity index (χ0) is 32.6. The molecular weight excluding hydrogens is 582 g/mol. The Balaban J connectivity index is 1.42. The van der Waals surface area contributed by atoms with Crippen LogP contribution in [0, 0.1) is 46.8 Å². The van der Waals surface area contributed by atoms with E-state index in [1.165, 1.54) is 6.92 Å². The van der Waals surface area contributed by atoms with E-state index in [0.29, 0.717) is 31.7 Å². The molecule has 45 heavy (non-hydrogen) atoms. The number of carbonyl (C=O) groups excluding carboxylic acids is 2. The van der Waals surface area contributed by atoms with Gasteiger partial charge in [0.2, 0.25) is 0 Å². The average Bonchev–Trinajstić information content (AvgIpc) is 3.24. The Kier molecular flexibility index (Phi) is 7.22. The summed E-state index contributed by atoms with van der Waals surface area (Å²) in [6.45, 7) is 12.2. The Morgan fingerprint density at radius 2 is 1.78 bits per heavy atom. The molecule has 1 spiro atoms. The van der Waals surface area contributed by atoms with Crippen molar-refractivity contribution in [1.29, 1.82) is 0 Å². The maximum absolute atomic E-state index is 13.5. The molecule has 4 saturated carbocycles. The number of ether oxygens (including phenoxy) is 3. The Hall–Kier alpha value is -1.34. The summed E-state index contributed by atoms with van der Waals surface area (Å²) >= 11 is 0. The topological polar surface area (TPSA) is 166 Å². The second kappa shape index (κ2) is 10.1. The van der Waals surface area contributed by atoms with E-state index in [1.54, 1.807) is 13.8 Å². The molecule has 3 aliphatic heterocycles. The van der Waals surface area contributed by atoms with Gasteiger partial charge in [-0.3, -0.25) is 14.5 Å². The van der Waals surface area contributed by atoms with Gasteiger partial charge in [-0.1, -0.05) is 27.7 Å². The SMILES string of the molecule is CC[C@@H](C)C(=O)O[C@H]1[C@H](O)[C@H]2[C@@H](CN3C[C@@H](C)CC[C@H]3C2(C)O)[C@@H]2C[C@@]34O[C@@]5(O)[C@@H](C[C@@H](OC(C)=O)[C@H]3[C@@]21O)[C@]4(C)CC[C@@H]5O. The van der Waals surface area contributed by atoms with Crippen LogP contribution in [0.5, 0.6) is 0 Å². The van der Waals surface area contributed by atoms with Gasteiger partial charge in [0.1, 0.15) is 17.8 Å². The third-order valence-corrected chi connectivity index (χ3v) is 14.4. The van der Waals surface area contributed by atoms with Gasteiger partial charge < -0.3 is 39.7 Å². The van der Waals surface area contributed by atoms with Crippen LogP contribution in [0.2, 0.25) is 0 Å². The van der Waals surface area contributed by atoms with Crippen LogP contribution < -0.4 is 0 Å². The quantitative estimate of drug-likeness (QED) is 0.283. The first-order chi connectivity index (χ1) is 21.0. The van der Waals surface area contributed by atoms with Crippen LogP contribution in [-0.4, -0.2) is 109 Å². The number of hydrogen-bond donors (Lipinski definition) is 5. The zero-order valence-corrected chi connectivity index (χ0v) is 27.5. The lowest BCUT2D eigenvalue weighted by atomic mass is 9.49. The van der Waals surface area contributed by atoms with E-state index in [4.69, 9.17) is 14.2 Å². The summed E-state index contributed by atoms with van der Waals surface area (Å²) in [4.78, 5) is 28.4. The predicted octanol–water partition coefficient (Wildman–Crippen LogP) is 1.35. The summed E-state index contributed by atoms with van der Waals surface area (Å²) in [6.07, 6.45) is -1.49. The molecule has 0 aromatic heterocycles. The second-order valence-corrected chi connectivity index (χ2v) is 16.6. The summed E-state index contributed by atoms with van der Waals surface area (Å²) in [5.74, 6) is -6.38. The number of esters is 2. The van der Waals surface area contributed by atoms with E-state index >= 15 is 0 Å². The number of piperidine rings is 2. The fraction of sp³-hybridized carbons (Fsp3) is 0.941. The highest BCUT2D eigenvalue weighted by Gasteiger charge is 2.87. The minimum atomic E-state index is -1.92. The van der Waals surface area contributed by atoms with Gasteiger partial charge in [-0.15, -0.1) is 0 Å². The van der Waals surface area contributed by atoms with Crippen LogP contribution in [0.3, 0.4) is 0 Å². The van der Waals surface area contributed by atoms with Gasteiger partial charge in [0.25, 0.3) is 0 Å². The highest BCUT2D eigenvalue weighted by Crippen LogP contribution is 2.77. The Morgan fingerprint density at radius 3 is 2.44 bits per heavy atom. The first kappa shape index (κ1) is 32.2. The van der Waals surface area contributed by atoms with Crippen LogP contribution in [-0.2, 0) is 23.8 Å². The molecule has 3 saturated heterocycles. The molecule has 1 unspecified atom stereocenters. The zero-order valence-electron chi connectivity index (χ0n) is 27.5. The van der Waals surface area contributed by atoms with Crippen molar-refractivity contribution < 1.29 is 49.3 Å². The first-order valence-electron chi connectivity index (χ1n) is 17.3. The van der Waals surface area contributed by atoms with Crippen LogP contribution in [0.4, 0.5) is 0 Å². The standard InChI is InChI=1S/C34H53NO10/c1-7-17(3)29(39)44-28-26(38)25-19(15-35-14-16(2)8-9-23(35)31(25,6)40)20-13-32-27(33(20,28)41)21(43-18(4)36)12-22-30(32,5)11-10-24(37)34(22,42)45-32/h16-17,19-28,37-38,40-42H,7-15H2,1-6H3/t16-,17+,19-,20-,21+,22-,23-,24-,25+,26+,27+,28-,30-,31?,32+,33-,34-/m0/s1. The van der Waals surface area contributed by atoms with Gasteiger partial charge in [-0.2, -0.15) is 0 Å². The summed E-state index contributed by atoms with van der Waals surface area (Å²) in [6, 6.07) is -0.197. The Labute approximate surface area is 265 Å². The Morgan fingerprint density at radius 1 is 1.07 bits per heavy atom. The first-order valence-corrected chi connectivity index (χ1v) is 17.3. The largest absolute Gasteiger partial charge is 0.462 e. The highest BCUT2D eigenvalue weighted by atomic mass is 16.7. The summed E-state index contributed by atoms with van der Waals surface area (Å²) in [7, 11) is 0. The maximum atomic E-state index is 13.5. The number of aliphatic hydroxyl groups excluding tert-OH is 2. The fourth-order valence-electron chi connectivity index (χ4n) is 12.2. The van der Waals surface area contributed by atoms with E-state index < -0.39 is 99.9 Å². The minimum absolute atomic E-state index is 0.144. The van der Waals surface area contributed by atoms with E-state index in [9.17, 15) is 35.1 Å². The lowest BCUT2D eigenvalue weighted by molar-refractivity contribution is -0.299. The third kappa shape index (κ3) is 3.95. The van der Waals surface area contributed by atoms with Gasteiger partial charge in [0.05, 0.1) is 29.1 Å². The van der Waals surface area contributed by atoms with Crippen molar-refractivity contribution in [2.45, 2.75) is 140 Å². The van der Waals surface area contributed by atoms with Gasteiger partial charge in [-0.25, -0.2) is 0 Å². The van der Waals surface area contributed by atoms with Crippen LogP contribution in [0.15, 0.2) is 0 Å². The molecule has 17 atom stereocenters. The molecule has 3 heterocycles. The van der Waals surface area contributed by atoms with Crippen molar-refractivity contribution in [2.75, 3.05) is 13.1 Å². The summed E-state index contributed by atoms with van der Waals surface area (Å²) < 4.78 is 18.9. The molecule has 5 N–H and O–H groups in total. The van der Waals surface area contributed by atoms with Crippen LogP contribution in [0.1, 0.15) is 86.5 Å². The molecule has 7 fully saturated rings. The maximum Gasteiger partial charge on any atom is 0.309 e. The number of aliphatic hydroxyl groups is 5. The summed E-state index contributed by atoms with van der Waals surface area (Å²) in [5, 5.41) is 61.3. The van der Waals surface area contributed by atoms with E-state index in [-0.39, 0.29) is 18.9 Å². The summed E-state index contributed by atoms with van der Waals surface area (Å²) in [5.41, 5.74) is -5.23. The molecule has 0 aromatic rings. The molecule has 0 aromatic carbocycles. The number of nitrogens with zero attached hydrogens (tertiary/aromatic N) is 1. The number of rotatable bonds is 4. The Bertz CT molecular complexity index is 1250. The lowest BCUT2D eigenvalue weighted by Crippen LogP contribution is -2.77. The van der Waals surface area contributed by atoms with Crippen molar-refractivity contribution in [3.8, 4) is 0 Å². The number of carbonyl (C=O) groups is 2. The van der Waals surface area contributed by atoms with E-state index in [2.05, 4.69) is 11.8 Å². The lowest BCUT2D eigenvalue weighted by Gasteiger charge is -2.64. The molecule has 4 aliphatic carbocycles. The molecule has 254 valence electrons. The van der Waals surface area contributed by atoms with Gasteiger partial charge in [-0.05, 0) is 69.6 Å². The van der Waals surface area contributed by atoms with E-state index in [0.717, 1.165) is 19.4 Å². The average molecular weight is 636 g/mol. The van der Waals surface area contributed by atoms with Gasteiger partial charge >= 0.3 is 11.9 Å². The van der Waals surface area contributed by atoms with Crippen molar-refractivity contribution in [2.24, 2.45) is 46.8 Å². The predicted molar refractivity (Wildman–Crippen MR) is 159 cm³/mol. The van der Waals surface area contributed by atoms with Crippen molar-refractivity contribution in [1.82, 2.24) is 4.90 Å². The van der Waals surface area contributed by atoms with Crippen molar-refractivity contribution in [3.63, 3.8) is 0 Å². The fourth-order valence-corrected chi connectivity index (χ4v) is 12.2. The third-order valence-electron chi connectivity index (χ3n) is 14.4. The second-order valence-electron chi connectivity index (χ2n) is 16.6. The molecule has 7 aliphatic rings. The highest BCUT2D eigenvalue weighted by molar-refractivity contribution is 5.72. The molecular formula is C34H53NO10. The molecule has 4 bridgehead atoms. The molecule has 0 radical (unpaired) electrons. The van der Waals surface area contributed by atoms with Crippen molar-refractivity contribution >= 4 is 11.9 Å². The molecule has 11 nitrogen and oxygen atoms in total. The molecule has 7 rings (SSSR count). The molecule has 0 amide bonds. The smallest absolute Gasteiger partial charge is 0.309 e. The minimum Gasteiger partial charge on any atom is -0.462 e. The normalized spacial score (nSPS) is 57.2. The van der Waals surface area contributed by atoms with Gasteiger partial charge in [0.15, 0.2) is 11.9 Å². The molecule has 11 heteroatoms. The number of hydrogen-bond acceptors (Lipinski definition) is 11. The van der Waals surface area contributed by atoms with Gasteiger partial charge in [0, 0.05) is 43.3 Å². The number of fused-ring (bicyclic) bond motifs is 5. The van der Waals surface area contributed by atoms with Crippen molar-refractivity contribution in [3.05, 3.63) is 0 Å². The van der Waals surface area contributed by atoms with Crippen LogP contribution >= 0.6 is 0 Å². The monoisotopic (exact) mass is 635 g/mol. The van der Waals surface area contributed by atoms with Crippen LogP contribution in [0.25, 0.3) is 0 Å².